The van der Waals surface area contributed by atoms with E-state index in [4.69, 9.17) is 4.74 Å². The fourth-order valence-electron chi connectivity index (χ4n) is 2.25. The Bertz CT molecular complexity index is 995. The Kier molecular flexibility index (Phi) is 5.88. The van der Waals surface area contributed by atoms with Gasteiger partial charge < -0.3 is 10.1 Å². The minimum atomic E-state index is -1.64. The van der Waals surface area contributed by atoms with Crippen LogP contribution in [0.2, 0.25) is 0 Å². The van der Waals surface area contributed by atoms with Gasteiger partial charge in [-0.05, 0) is 43.3 Å². The molecule has 2 aromatic carbocycles. The fraction of sp³-hybridized carbons (Fsp3) is 0.167. The van der Waals surface area contributed by atoms with Crippen molar-refractivity contribution in [2.24, 2.45) is 0 Å². The SMILES string of the molecule is COc1ccc(-c2nc(SC(C)C(=O)Nc3ccc(F)c(F)c3F)n[nH]2)cc1. The van der Waals surface area contributed by atoms with Crippen molar-refractivity contribution in [3.05, 3.63) is 53.8 Å². The molecule has 3 rings (SSSR count). The average molecular weight is 408 g/mol. The number of hydrogen-bond acceptors (Lipinski definition) is 5. The van der Waals surface area contributed by atoms with E-state index in [0.29, 0.717) is 16.7 Å². The molecular formula is C18H15F3N4O2S. The number of benzene rings is 2. The van der Waals surface area contributed by atoms with Crippen molar-refractivity contribution >= 4 is 23.4 Å². The van der Waals surface area contributed by atoms with Crippen LogP contribution in [-0.2, 0) is 4.79 Å². The summed E-state index contributed by atoms with van der Waals surface area (Å²) in [7, 11) is 1.57. The van der Waals surface area contributed by atoms with Crippen LogP contribution in [0, 0.1) is 17.5 Å². The van der Waals surface area contributed by atoms with Crippen molar-refractivity contribution in [2.75, 3.05) is 12.4 Å². The quantitative estimate of drug-likeness (QED) is 0.476. The zero-order chi connectivity index (χ0) is 20.3. The molecule has 0 spiro atoms. The van der Waals surface area contributed by atoms with Gasteiger partial charge in [0.05, 0.1) is 18.0 Å². The maximum Gasteiger partial charge on any atom is 0.237 e. The van der Waals surface area contributed by atoms with E-state index in [1.807, 2.05) is 0 Å². The van der Waals surface area contributed by atoms with Crippen LogP contribution in [0.15, 0.2) is 41.6 Å². The van der Waals surface area contributed by atoms with Gasteiger partial charge in [0.25, 0.3) is 0 Å². The third-order valence-corrected chi connectivity index (χ3v) is 4.73. The van der Waals surface area contributed by atoms with Gasteiger partial charge in [-0.1, -0.05) is 11.8 Å². The summed E-state index contributed by atoms with van der Waals surface area (Å²) in [6.07, 6.45) is 0. The largest absolute Gasteiger partial charge is 0.497 e. The molecule has 28 heavy (non-hydrogen) atoms. The lowest BCUT2D eigenvalue weighted by atomic mass is 10.2. The molecule has 0 fully saturated rings. The molecule has 0 saturated heterocycles. The van der Waals surface area contributed by atoms with Crippen molar-refractivity contribution in [3.63, 3.8) is 0 Å². The Morgan fingerprint density at radius 2 is 1.86 bits per heavy atom. The highest BCUT2D eigenvalue weighted by molar-refractivity contribution is 8.00. The lowest BCUT2D eigenvalue weighted by Crippen LogP contribution is -2.23. The number of halogens is 3. The van der Waals surface area contributed by atoms with Gasteiger partial charge >= 0.3 is 0 Å². The molecule has 146 valence electrons. The van der Waals surface area contributed by atoms with E-state index in [2.05, 4.69) is 20.5 Å². The van der Waals surface area contributed by atoms with Crippen LogP contribution in [0.3, 0.4) is 0 Å². The van der Waals surface area contributed by atoms with Crippen LogP contribution in [-0.4, -0.2) is 33.4 Å². The first-order valence-corrected chi connectivity index (χ1v) is 8.95. The zero-order valence-corrected chi connectivity index (χ0v) is 15.6. The summed E-state index contributed by atoms with van der Waals surface area (Å²) < 4.78 is 45.0. The molecule has 1 unspecified atom stereocenters. The van der Waals surface area contributed by atoms with Gasteiger partial charge in [0.15, 0.2) is 23.3 Å². The third kappa shape index (κ3) is 4.28. The van der Waals surface area contributed by atoms with Crippen molar-refractivity contribution in [1.82, 2.24) is 15.2 Å². The van der Waals surface area contributed by atoms with E-state index >= 15 is 0 Å². The summed E-state index contributed by atoms with van der Waals surface area (Å²) in [6.45, 7) is 1.56. The Labute approximate surface area is 162 Å². The van der Waals surface area contributed by atoms with E-state index < -0.39 is 34.3 Å². The lowest BCUT2D eigenvalue weighted by molar-refractivity contribution is -0.115. The number of amides is 1. The lowest BCUT2D eigenvalue weighted by Gasteiger charge is -2.11. The predicted molar refractivity (Wildman–Crippen MR) is 98.6 cm³/mol. The average Bonchev–Trinajstić information content (AvgIpc) is 3.16. The van der Waals surface area contributed by atoms with E-state index in [1.165, 1.54) is 0 Å². The highest BCUT2D eigenvalue weighted by atomic mass is 32.2. The standard InChI is InChI=1S/C18H15F3N4O2S/c1-9(17(26)22-13-8-7-12(19)14(20)15(13)21)28-18-23-16(24-25-18)10-3-5-11(27-2)6-4-10/h3-9H,1-2H3,(H,22,26)(H,23,24,25). The molecule has 0 saturated carbocycles. The predicted octanol–water partition coefficient (Wildman–Crippen LogP) is 4.02. The first-order valence-electron chi connectivity index (χ1n) is 8.07. The van der Waals surface area contributed by atoms with Gasteiger partial charge in [0.1, 0.15) is 5.75 Å². The fourth-order valence-corrected chi connectivity index (χ4v) is 2.97. The van der Waals surface area contributed by atoms with Crippen LogP contribution >= 0.6 is 11.8 Å². The molecular weight excluding hydrogens is 393 g/mol. The third-order valence-electron chi connectivity index (χ3n) is 3.77. The molecule has 6 nitrogen and oxygen atoms in total. The van der Waals surface area contributed by atoms with Crippen molar-refractivity contribution in [3.8, 4) is 17.1 Å². The summed E-state index contributed by atoms with van der Waals surface area (Å²) in [5.74, 6) is -3.83. The van der Waals surface area contributed by atoms with Crippen LogP contribution in [0.25, 0.3) is 11.4 Å². The number of H-pyrrole nitrogens is 1. The Balaban J connectivity index is 1.66. The maximum absolute atomic E-state index is 13.7. The number of carbonyl (C=O) groups excluding carboxylic acids is 1. The summed E-state index contributed by atoms with van der Waals surface area (Å²) >= 11 is 1.03. The van der Waals surface area contributed by atoms with Gasteiger partial charge in [-0.3, -0.25) is 9.89 Å². The van der Waals surface area contributed by atoms with Crippen LogP contribution in [0.1, 0.15) is 6.92 Å². The van der Waals surface area contributed by atoms with Crippen molar-refractivity contribution < 1.29 is 22.7 Å². The van der Waals surface area contributed by atoms with Crippen molar-refractivity contribution in [1.29, 1.82) is 0 Å². The molecule has 0 aliphatic carbocycles. The second-order valence-electron chi connectivity index (χ2n) is 5.67. The highest BCUT2D eigenvalue weighted by Gasteiger charge is 2.21. The number of aromatic amines is 1. The molecule has 0 aliphatic heterocycles. The number of aromatic nitrogens is 3. The summed E-state index contributed by atoms with van der Waals surface area (Å²) in [5, 5.41) is 8.63. The molecule has 1 aromatic heterocycles. The summed E-state index contributed by atoms with van der Waals surface area (Å²) in [5.41, 5.74) is 0.339. The molecule has 3 aromatic rings. The van der Waals surface area contributed by atoms with Crippen LogP contribution in [0.4, 0.5) is 18.9 Å². The zero-order valence-electron chi connectivity index (χ0n) is 14.8. The Morgan fingerprint density at radius 1 is 1.14 bits per heavy atom. The number of carbonyl (C=O) groups is 1. The minimum absolute atomic E-state index is 0.305. The number of nitrogens with zero attached hydrogens (tertiary/aromatic N) is 2. The normalized spacial score (nSPS) is 11.9. The van der Waals surface area contributed by atoms with Gasteiger partial charge in [0.2, 0.25) is 11.1 Å². The van der Waals surface area contributed by atoms with Crippen LogP contribution in [0.5, 0.6) is 5.75 Å². The number of methoxy groups -OCH3 is 1. The minimum Gasteiger partial charge on any atom is -0.497 e. The van der Waals surface area contributed by atoms with Crippen LogP contribution < -0.4 is 10.1 Å². The number of ether oxygens (including phenoxy) is 1. The molecule has 1 heterocycles. The highest BCUT2D eigenvalue weighted by Crippen LogP contribution is 2.26. The molecule has 1 atom stereocenters. The Morgan fingerprint density at radius 3 is 2.54 bits per heavy atom. The molecule has 0 aliphatic rings. The number of nitrogens with one attached hydrogen (secondary N) is 2. The van der Waals surface area contributed by atoms with Gasteiger partial charge in [-0.25, -0.2) is 18.2 Å². The number of anilines is 1. The maximum atomic E-state index is 13.7. The van der Waals surface area contributed by atoms with E-state index in [1.54, 1.807) is 38.3 Å². The molecule has 0 radical (unpaired) electrons. The topological polar surface area (TPSA) is 79.9 Å². The number of hydrogen-bond donors (Lipinski definition) is 2. The van der Waals surface area contributed by atoms with Gasteiger partial charge in [-0.15, -0.1) is 5.10 Å². The smallest absolute Gasteiger partial charge is 0.237 e. The van der Waals surface area contributed by atoms with Gasteiger partial charge in [0, 0.05) is 5.56 Å². The monoisotopic (exact) mass is 408 g/mol. The van der Waals surface area contributed by atoms with E-state index in [9.17, 15) is 18.0 Å². The molecule has 10 heteroatoms. The van der Waals surface area contributed by atoms with E-state index in [0.717, 1.165) is 29.5 Å². The number of rotatable bonds is 6. The molecule has 2 N–H and O–H groups in total. The Hall–Kier alpha value is -3.01. The summed E-state index contributed by atoms with van der Waals surface area (Å²) in [6, 6.07) is 8.85. The number of thioether (sulfide) groups is 1. The summed E-state index contributed by atoms with van der Waals surface area (Å²) in [4.78, 5) is 16.5. The molecule has 0 bridgehead atoms. The second-order valence-corrected chi connectivity index (χ2v) is 6.98. The second kappa shape index (κ2) is 8.34. The van der Waals surface area contributed by atoms with Crippen molar-refractivity contribution in [2.45, 2.75) is 17.3 Å². The van der Waals surface area contributed by atoms with Gasteiger partial charge in [-0.2, -0.15) is 0 Å². The van der Waals surface area contributed by atoms with E-state index in [-0.39, 0.29) is 0 Å². The first kappa shape index (κ1) is 19.7. The first-order chi connectivity index (χ1) is 13.4. The molecule has 1 amide bonds.